The Bertz CT molecular complexity index is 730. The molecular weight excluding hydrogens is 335 g/mol. The number of hydrogen-bond donors (Lipinski definition) is 0. The van der Waals surface area contributed by atoms with E-state index in [9.17, 15) is 4.39 Å². The van der Waals surface area contributed by atoms with Crippen LogP contribution in [0.5, 0.6) is 0 Å². The van der Waals surface area contributed by atoms with Crippen LogP contribution in [0.15, 0.2) is 48.5 Å². The van der Waals surface area contributed by atoms with Crippen LogP contribution in [0.2, 0.25) is 0 Å². The number of piperidine rings is 1. The highest BCUT2D eigenvalue weighted by atomic mass is 19.1. The molecule has 0 unspecified atom stereocenters. The summed E-state index contributed by atoms with van der Waals surface area (Å²) in [6.07, 6.45) is 6.39. The van der Waals surface area contributed by atoms with Crippen molar-refractivity contribution < 1.29 is 4.39 Å². The average molecular weight is 367 g/mol. The summed E-state index contributed by atoms with van der Waals surface area (Å²) in [6, 6.07) is 16.9. The molecule has 1 aliphatic carbocycles. The second-order valence-corrected chi connectivity index (χ2v) is 8.53. The Kier molecular flexibility index (Phi) is 5.89. The molecule has 1 aliphatic heterocycles. The van der Waals surface area contributed by atoms with Gasteiger partial charge in [0, 0.05) is 19.1 Å². The highest BCUT2D eigenvalue weighted by molar-refractivity contribution is 5.24. The fourth-order valence-electron chi connectivity index (χ4n) is 4.24. The molecule has 144 valence electrons. The minimum absolute atomic E-state index is 0.137. The molecule has 1 saturated heterocycles. The Balaban J connectivity index is 1.35. The van der Waals surface area contributed by atoms with Crippen molar-refractivity contribution in [2.45, 2.75) is 51.2 Å². The van der Waals surface area contributed by atoms with Crippen LogP contribution in [0.3, 0.4) is 0 Å². The Morgan fingerprint density at radius 2 is 1.56 bits per heavy atom. The van der Waals surface area contributed by atoms with Gasteiger partial charge in [0.25, 0.3) is 0 Å². The molecule has 1 heterocycles. The van der Waals surface area contributed by atoms with E-state index in [1.807, 2.05) is 12.1 Å². The summed E-state index contributed by atoms with van der Waals surface area (Å²) < 4.78 is 13.5. The van der Waals surface area contributed by atoms with Crippen LogP contribution in [-0.2, 0) is 19.5 Å². The summed E-state index contributed by atoms with van der Waals surface area (Å²) in [7, 11) is 2.22. The standard InChI is InChI=1S/C24H31FN2/c1-26-13-11-20(12-14-26)15-19-5-7-21(8-6-19)17-27(24-9-10-24)18-22-3-2-4-23(25)16-22/h2-8,16,20,24H,9-15,17-18H2,1H3. The molecule has 0 aromatic heterocycles. The lowest BCUT2D eigenvalue weighted by Gasteiger charge is -2.29. The Morgan fingerprint density at radius 3 is 2.22 bits per heavy atom. The molecule has 0 radical (unpaired) electrons. The van der Waals surface area contributed by atoms with Gasteiger partial charge in [0.1, 0.15) is 5.82 Å². The molecule has 0 N–H and O–H groups in total. The topological polar surface area (TPSA) is 6.48 Å². The van der Waals surface area contributed by atoms with Gasteiger partial charge in [-0.05, 0) is 87.0 Å². The van der Waals surface area contributed by atoms with Gasteiger partial charge in [0.05, 0.1) is 0 Å². The zero-order chi connectivity index (χ0) is 18.6. The third-order valence-electron chi connectivity index (χ3n) is 6.11. The van der Waals surface area contributed by atoms with Crippen LogP contribution < -0.4 is 0 Å². The fourth-order valence-corrected chi connectivity index (χ4v) is 4.24. The van der Waals surface area contributed by atoms with Crippen LogP contribution in [0, 0.1) is 11.7 Å². The lowest BCUT2D eigenvalue weighted by molar-refractivity contribution is 0.219. The van der Waals surface area contributed by atoms with Gasteiger partial charge in [0.15, 0.2) is 0 Å². The van der Waals surface area contributed by atoms with Gasteiger partial charge in [-0.25, -0.2) is 4.39 Å². The van der Waals surface area contributed by atoms with Gasteiger partial charge in [-0.2, -0.15) is 0 Å². The first kappa shape index (κ1) is 18.6. The third-order valence-corrected chi connectivity index (χ3v) is 6.11. The van der Waals surface area contributed by atoms with Gasteiger partial charge in [-0.15, -0.1) is 0 Å². The van der Waals surface area contributed by atoms with E-state index in [4.69, 9.17) is 0 Å². The molecule has 3 heteroatoms. The second-order valence-electron chi connectivity index (χ2n) is 8.53. The van der Waals surface area contributed by atoms with Crippen LogP contribution in [0.1, 0.15) is 42.4 Å². The van der Waals surface area contributed by atoms with Gasteiger partial charge < -0.3 is 4.90 Å². The minimum Gasteiger partial charge on any atom is -0.306 e. The normalized spacial score (nSPS) is 18.9. The number of nitrogens with zero attached hydrogens (tertiary/aromatic N) is 2. The van der Waals surface area contributed by atoms with Crippen LogP contribution >= 0.6 is 0 Å². The van der Waals surface area contributed by atoms with Gasteiger partial charge in [-0.3, -0.25) is 4.90 Å². The zero-order valence-corrected chi connectivity index (χ0v) is 16.4. The second kappa shape index (κ2) is 8.53. The monoisotopic (exact) mass is 366 g/mol. The van der Waals surface area contributed by atoms with E-state index in [0.29, 0.717) is 6.04 Å². The Labute approximate surface area is 163 Å². The highest BCUT2D eigenvalue weighted by Crippen LogP contribution is 2.30. The third kappa shape index (κ3) is 5.40. The molecule has 4 rings (SSSR count). The lowest BCUT2D eigenvalue weighted by atomic mass is 9.90. The number of likely N-dealkylation sites (tertiary alicyclic amines) is 1. The molecule has 0 bridgehead atoms. The maximum absolute atomic E-state index is 13.5. The summed E-state index contributed by atoms with van der Waals surface area (Å²) in [6.45, 7) is 4.26. The first-order valence-corrected chi connectivity index (χ1v) is 10.4. The van der Waals surface area contributed by atoms with Crippen molar-refractivity contribution in [1.29, 1.82) is 0 Å². The molecule has 27 heavy (non-hydrogen) atoms. The first-order valence-electron chi connectivity index (χ1n) is 10.4. The van der Waals surface area contributed by atoms with E-state index in [2.05, 4.69) is 41.1 Å². The number of halogens is 1. The maximum atomic E-state index is 13.5. The van der Waals surface area contributed by atoms with Crippen LogP contribution in [-0.4, -0.2) is 36.0 Å². The van der Waals surface area contributed by atoms with Crippen molar-refractivity contribution in [3.05, 3.63) is 71.0 Å². The van der Waals surface area contributed by atoms with Gasteiger partial charge in [-0.1, -0.05) is 36.4 Å². The molecule has 2 aromatic carbocycles. The van der Waals surface area contributed by atoms with E-state index in [0.717, 1.165) is 24.6 Å². The largest absolute Gasteiger partial charge is 0.306 e. The summed E-state index contributed by atoms with van der Waals surface area (Å²) in [5.41, 5.74) is 3.91. The minimum atomic E-state index is -0.137. The van der Waals surface area contributed by atoms with E-state index >= 15 is 0 Å². The predicted octanol–water partition coefficient (Wildman–Crippen LogP) is 4.87. The van der Waals surface area contributed by atoms with Gasteiger partial charge >= 0.3 is 0 Å². The quantitative estimate of drug-likeness (QED) is 0.689. The van der Waals surface area contributed by atoms with Crippen LogP contribution in [0.4, 0.5) is 4.39 Å². The van der Waals surface area contributed by atoms with Crippen molar-refractivity contribution in [1.82, 2.24) is 9.80 Å². The van der Waals surface area contributed by atoms with Crippen molar-refractivity contribution in [2.24, 2.45) is 5.92 Å². The summed E-state index contributed by atoms with van der Waals surface area (Å²) >= 11 is 0. The average Bonchev–Trinajstić information content (AvgIpc) is 3.50. The van der Waals surface area contributed by atoms with Crippen molar-refractivity contribution in [2.75, 3.05) is 20.1 Å². The fraction of sp³-hybridized carbons (Fsp3) is 0.500. The Hall–Kier alpha value is -1.71. The van der Waals surface area contributed by atoms with E-state index in [1.54, 1.807) is 6.07 Å². The summed E-state index contributed by atoms with van der Waals surface area (Å²) in [5, 5.41) is 0. The van der Waals surface area contributed by atoms with Crippen molar-refractivity contribution in [3.63, 3.8) is 0 Å². The van der Waals surface area contributed by atoms with E-state index in [-0.39, 0.29) is 5.82 Å². The summed E-state index contributed by atoms with van der Waals surface area (Å²) in [4.78, 5) is 4.94. The number of benzene rings is 2. The zero-order valence-electron chi connectivity index (χ0n) is 16.4. The predicted molar refractivity (Wildman–Crippen MR) is 109 cm³/mol. The smallest absolute Gasteiger partial charge is 0.123 e. The first-order chi connectivity index (χ1) is 13.2. The molecular formula is C24H31FN2. The number of rotatable bonds is 7. The van der Waals surface area contributed by atoms with Crippen molar-refractivity contribution in [3.8, 4) is 0 Å². The Morgan fingerprint density at radius 1 is 0.889 bits per heavy atom. The maximum Gasteiger partial charge on any atom is 0.123 e. The van der Waals surface area contributed by atoms with E-state index in [1.165, 1.54) is 62.4 Å². The van der Waals surface area contributed by atoms with Gasteiger partial charge in [0.2, 0.25) is 0 Å². The molecule has 2 aliphatic rings. The molecule has 0 spiro atoms. The SMILES string of the molecule is CN1CCC(Cc2ccc(CN(Cc3cccc(F)c3)C3CC3)cc2)CC1. The molecule has 2 aromatic rings. The highest BCUT2D eigenvalue weighted by Gasteiger charge is 2.29. The molecule has 1 saturated carbocycles. The van der Waals surface area contributed by atoms with Crippen LogP contribution in [0.25, 0.3) is 0 Å². The number of hydrogen-bond acceptors (Lipinski definition) is 2. The lowest BCUT2D eigenvalue weighted by Crippen LogP contribution is -2.30. The molecule has 0 amide bonds. The van der Waals surface area contributed by atoms with Crippen molar-refractivity contribution >= 4 is 0 Å². The molecule has 0 atom stereocenters. The van der Waals surface area contributed by atoms with E-state index < -0.39 is 0 Å². The molecule has 2 nitrogen and oxygen atoms in total. The molecule has 2 fully saturated rings. The summed E-state index contributed by atoms with van der Waals surface area (Å²) in [5.74, 6) is 0.699.